The van der Waals surface area contributed by atoms with Gasteiger partial charge in [-0.3, -0.25) is 9.69 Å². The fourth-order valence-electron chi connectivity index (χ4n) is 3.39. The third kappa shape index (κ3) is 3.60. The summed E-state index contributed by atoms with van der Waals surface area (Å²) in [7, 11) is 0. The van der Waals surface area contributed by atoms with Crippen LogP contribution < -0.4 is 10.3 Å². The van der Waals surface area contributed by atoms with Crippen molar-refractivity contribution in [1.82, 2.24) is 14.5 Å². The number of fused-ring (bicyclic) bond motifs is 2. The number of aromatic nitrogens is 2. The van der Waals surface area contributed by atoms with Gasteiger partial charge in [-0.15, -0.1) is 0 Å². The van der Waals surface area contributed by atoms with Gasteiger partial charge in [-0.25, -0.2) is 4.39 Å². The van der Waals surface area contributed by atoms with E-state index >= 15 is 0 Å². The molecule has 30 heavy (non-hydrogen) atoms. The van der Waals surface area contributed by atoms with Gasteiger partial charge in [0.2, 0.25) is 5.56 Å². The molecule has 0 fully saturated rings. The van der Waals surface area contributed by atoms with E-state index in [4.69, 9.17) is 24.6 Å². The molecule has 152 valence electrons. The van der Waals surface area contributed by atoms with Gasteiger partial charge in [-0.05, 0) is 48.0 Å². The summed E-state index contributed by atoms with van der Waals surface area (Å²) in [6, 6.07) is 11.4. The Kier molecular flexibility index (Phi) is 3.37. The first kappa shape index (κ1) is 13.3. The van der Waals surface area contributed by atoms with Crippen LogP contribution in [0, 0.1) is 5.82 Å². The topological polar surface area (TPSA) is 50.3 Å². The summed E-state index contributed by atoms with van der Waals surface area (Å²) in [4.78, 5) is 14.9. The SMILES string of the molecule is [2H]C1([2H])c2cc(-n3ccc4cc(F)ccc43)cc(Cl)c2OC([2H])([2H])C([2H])([2H])N1Cc1cc[nH]c(=O)c1. The molecule has 5 rings (SSSR count). The summed E-state index contributed by atoms with van der Waals surface area (Å²) in [5.74, 6) is -0.750. The number of H-pyrrole nitrogens is 1. The number of nitrogens with zero attached hydrogens (tertiary/aromatic N) is 2. The molecule has 1 N–H and O–H groups in total. The Morgan fingerprint density at radius 3 is 2.97 bits per heavy atom. The Morgan fingerprint density at radius 1 is 1.20 bits per heavy atom. The fourth-order valence-corrected chi connectivity index (χ4v) is 3.65. The highest BCUT2D eigenvalue weighted by Gasteiger charge is 2.20. The Labute approximate surface area is 185 Å². The number of ether oxygens (including phenoxy) is 1. The molecule has 0 radical (unpaired) electrons. The van der Waals surface area contributed by atoms with Gasteiger partial charge >= 0.3 is 0 Å². The molecule has 2 aromatic carbocycles. The number of nitrogens with one attached hydrogen (secondary N) is 1. The van der Waals surface area contributed by atoms with Gasteiger partial charge in [0.15, 0.2) is 0 Å². The van der Waals surface area contributed by atoms with E-state index in [1.807, 2.05) is 0 Å². The predicted octanol–water partition coefficient (Wildman–Crippen LogP) is 4.51. The van der Waals surface area contributed by atoms with Crippen LogP contribution in [0.3, 0.4) is 0 Å². The number of pyridine rings is 1. The first-order valence-electron chi connectivity index (χ1n) is 12.1. The molecule has 0 saturated carbocycles. The summed E-state index contributed by atoms with van der Waals surface area (Å²) in [6.07, 6.45) is 3.00. The van der Waals surface area contributed by atoms with Crippen LogP contribution in [0.15, 0.2) is 65.7 Å². The summed E-state index contributed by atoms with van der Waals surface area (Å²) >= 11 is 6.47. The van der Waals surface area contributed by atoms with Crippen LogP contribution in [-0.2, 0) is 13.0 Å². The number of aromatic amines is 1. The lowest BCUT2D eigenvalue weighted by atomic mass is 10.1. The second-order valence-corrected chi connectivity index (χ2v) is 7.18. The molecule has 0 atom stereocenters. The van der Waals surface area contributed by atoms with Crippen LogP contribution in [0.25, 0.3) is 16.6 Å². The molecule has 0 unspecified atom stereocenters. The molecule has 5 nitrogen and oxygen atoms in total. The van der Waals surface area contributed by atoms with E-state index < -0.39 is 37.5 Å². The molecule has 0 amide bonds. The van der Waals surface area contributed by atoms with Crippen LogP contribution in [0.1, 0.15) is 19.4 Å². The molecule has 1 aliphatic rings. The zero-order valence-corrected chi connectivity index (χ0v) is 16.2. The maximum absolute atomic E-state index is 13.7. The first-order chi connectivity index (χ1) is 16.8. The molecular weight excluding hydrogens is 405 g/mol. The van der Waals surface area contributed by atoms with Gasteiger partial charge in [0.25, 0.3) is 0 Å². The highest BCUT2D eigenvalue weighted by Crippen LogP contribution is 2.35. The van der Waals surface area contributed by atoms with Crippen LogP contribution in [0.4, 0.5) is 4.39 Å². The normalized spacial score (nSPS) is 22.3. The lowest BCUT2D eigenvalue weighted by molar-refractivity contribution is 0.219. The smallest absolute Gasteiger partial charge is 0.248 e. The van der Waals surface area contributed by atoms with E-state index in [0.29, 0.717) is 21.5 Å². The number of hydrogen-bond donors (Lipinski definition) is 1. The molecule has 0 spiro atoms. The quantitative estimate of drug-likeness (QED) is 0.521. The van der Waals surface area contributed by atoms with Crippen molar-refractivity contribution < 1.29 is 17.4 Å². The van der Waals surface area contributed by atoms with Crippen molar-refractivity contribution in [1.29, 1.82) is 0 Å². The van der Waals surface area contributed by atoms with Gasteiger partial charge in [0.05, 0.1) is 13.3 Å². The van der Waals surface area contributed by atoms with Crippen molar-refractivity contribution in [3.63, 3.8) is 0 Å². The zero-order chi connectivity index (χ0) is 26.0. The summed E-state index contributed by atoms with van der Waals surface area (Å²) < 4.78 is 72.4. The molecule has 0 bridgehead atoms. The third-order valence-corrected chi connectivity index (χ3v) is 5.01. The van der Waals surface area contributed by atoms with Gasteiger partial charge in [0.1, 0.15) is 18.1 Å². The lowest BCUT2D eigenvalue weighted by Crippen LogP contribution is -2.25. The van der Waals surface area contributed by atoms with Gasteiger partial charge in [-0.2, -0.15) is 0 Å². The highest BCUT2D eigenvalue weighted by molar-refractivity contribution is 6.32. The molecule has 1 aliphatic heterocycles. The monoisotopic (exact) mass is 429 g/mol. The number of halogens is 2. The lowest BCUT2D eigenvalue weighted by Gasteiger charge is -2.19. The van der Waals surface area contributed by atoms with Gasteiger partial charge < -0.3 is 14.3 Å². The molecule has 0 aliphatic carbocycles. The predicted molar refractivity (Wildman–Crippen MR) is 115 cm³/mol. The van der Waals surface area contributed by atoms with Crippen LogP contribution >= 0.6 is 11.6 Å². The number of hydrogen-bond acceptors (Lipinski definition) is 3. The number of rotatable bonds is 3. The molecule has 3 heterocycles. The van der Waals surface area contributed by atoms with Gasteiger partial charge in [-0.1, -0.05) is 11.6 Å². The largest absolute Gasteiger partial charge is 0.490 e. The van der Waals surface area contributed by atoms with E-state index in [2.05, 4.69) is 4.98 Å². The van der Waals surface area contributed by atoms with Crippen molar-refractivity contribution in [2.45, 2.75) is 13.0 Å². The molecule has 2 aromatic heterocycles. The molecule has 4 aromatic rings. The van der Waals surface area contributed by atoms with Crippen LogP contribution in [-0.4, -0.2) is 27.5 Å². The standard InChI is InChI=1S/C23H19ClFN3O2/c24-20-12-19(28-6-4-16-10-18(25)1-2-21(16)28)11-17-14-27(7-8-30-23(17)20)13-15-3-5-26-22(29)9-15/h1-6,9-12H,7-8,13-14H2,(H,26,29)/i7D2,8D2,14D2. The summed E-state index contributed by atoms with van der Waals surface area (Å²) in [5, 5.41) is 0.469. The summed E-state index contributed by atoms with van der Waals surface area (Å²) in [6.45, 7) is -9.09. The second kappa shape index (κ2) is 7.63. The zero-order valence-electron chi connectivity index (χ0n) is 21.4. The minimum Gasteiger partial charge on any atom is -0.490 e. The average Bonchev–Trinajstić information content (AvgIpc) is 3.19. The average molecular weight is 430 g/mol. The summed E-state index contributed by atoms with van der Waals surface area (Å²) in [5.41, 5.74) is 0.598. The van der Waals surface area contributed by atoms with Crippen molar-refractivity contribution in [2.24, 2.45) is 0 Å². The van der Waals surface area contributed by atoms with Crippen molar-refractivity contribution >= 4 is 22.5 Å². The Hall–Kier alpha value is -3.09. The Morgan fingerprint density at radius 2 is 2.10 bits per heavy atom. The van der Waals surface area contributed by atoms with E-state index in [-0.39, 0.29) is 21.9 Å². The third-order valence-electron chi connectivity index (χ3n) is 4.73. The van der Waals surface area contributed by atoms with Crippen molar-refractivity contribution in [3.8, 4) is 11.4 Å². The van der Waals surface area contributed by atoms with E-state index in [1.165, 1.54) is 42.6 Å². The number of benzene rings is 2. The van der Waals surface area contributed by atoms with Crippen molar-refractivity contribution in [3.05, 3.63) is 93.2 Å². The molecule has 7 heteroatoms. The van der Waals surface area contributed by atoms with Crippen LogP contribution in [0.5, 0.6) is 5.75 Å². The molecule has 0 saturated heterocycles. The minimum absolute atomic E-state index is 0.131. The first-order valence-corrected chi connectivity index (χ1v) is 9.44. The molecular formula is C23H19ClFN3O2. The minimum atomic E-state index is -3.02. The second-order valence-electron chi connectivity index (χ2n) is 6.77. The Bertz CT molecular complexity index is 1550. The van der Waals surface area contributed by atoms with Gasteiger partial charge in [0, 0.05) is 60.1 Å². The van der Waals surface area contributed by atoms with E-state index in [9.17, 15) is 9.18 Å². The van der Waals surface area contributed by atoms with E-state index in [0.717, 1.165) is 0 Å². The maximum Gasteiger partial charge on any atom is 0.248 e. The maximum atomic E-state index is 13.7. The Balaban J connectivity index is 1.71. The van der Waals surface area contributed by atoms with E-state index in [1.54, 1.807) is 22.9 Å². The van der Waals surface area contributed by atoms with Crippen LogP contribution in [0.2, 0.25) is 5.02 Å². The van der Waals surface area contributed by atoms with Crippen molar-refractivity contribution in [2.75, 3.05) is 13.1 Å². The highest BCUT2D eigenvalue weighted by atomic mass is 35.5. The fraction of sp³-hybridized carbons (Fsp3) is 0.174.